The molecule has 1 amide bonds. The van der Waals surface area contributed by atoms with Crippen LogP contribution < -0.4 is 0 Å². The maximum absolute atomic E-state index is 12.9. The highest BCUT2D eigenvalue weighted by atomic mass is 16.4. The van der Waals surface area contributed by atoms with Gasteiger partial charge in [0.2, 0.25) is 0 Å². The molecule has 6 nitrogen and oxygen atoms in total. The van der Waals surface area contributed by atoms with Crippen molar-refractivity contribution in [2.45, 2.75) is 59.4 Å². The summed E-state index contributed by atoms with van der Waals surface area (Å²) in [5, 5.41) is 13.3. The molecule has 2 heterocycles. The van der Waals surface area contributed by atoms with E-state index < -0.39 is 5.97 Å². The zero-order valence-electron chi connectivity index (χ0n) is 14.3. The zero-order chi connectivity index (χ0) is 17.0. The second kappa shape index (κ2) is 7.62. The minimum atomic E-state index is -0.763. The lowest BCUT2D eigenvalue weighted by molar-refractivity contribution is -0.137. The van der Waals surface area contributed by atoms with E-state index in [1.165, 1.54) is 0 Å². The van der Waals surface area contributed by atoms with Crippen LogP contribution in [-0.4, -0.2) is 44.8 Å². The van der Waals surface area contributed by atoms with Crippen LogP contribution in [-0.2, 0) is 11.3 Å². The summed E-state index contributed by atoms with van der Waals surface area (Å²) < 4.78 is 1.91. The molecule has 1 atom stereocenters. The molecule has 6 heteroatoms. The van der Waals surface area contributed by atoms with Crippen LogP contribution in [0.25, 0.3) is 0 Å². The molecule has 1 aromatic heterocycles. The van der Waals surface area contributed by atoms with Crippen molar-refractivity contribution in [2.24, 2.45) is 5.92 Å². The van der Waals surface area contributed by atoms with Crippen LogP contribution >= 0.6 is 0 Å². The van der Waals surface area contributed by atoms with Gasteiger partial charge in [-0.05, 0) is 45.4 Å². The Balaban J connectivity index is 2.09. The Morgan fingerprint density at radius 2 is 2.09 bits per heavy atom. The van der Waals surface area contributed by atoms with E-state index in [9.17, 15) is 9.59 Å². The van der Waals surface area contributed by atoms with Crippen molar-refractivity contribution in [2.75, 3.05) is 13.1 Å². The molecule has 0 spiro atoms. The van der Waals surface area contributed by atoms with Crippen LogP contribution in [0.5, 0.6) is 0 Å². The third kappa shape index (κ3) is 4.12. The molecule has 1 fully saturated rings. The van der Waals surface area contributed by atoms with Crippen LogP contribution in [0.2, 0.25) is 0 Å². The average molecular weight is 321 g/mol. The quantitative estimate of drug-likeness (QED) is 0.874. The molecule has 1 N–H and O–H groups in total. The van der Waals surface area contributed by atoms with Gasteiger partial charge in [-0.2, -0.15) is 5.10 Å². The number of carboxylic acids is 1. The van der Waals surface area contributed by atoms with Gasteiger partial charge in [-0.3, -0.25) is 14.3 Å². The maximum atomic E-state index is 12.9. The number of nitrogens with zero attached hydrogens (tertiary/aromatic N) is 3. The molecule has 23 heavy (non-hydrogen) atoms. The number of likely N-dealkylation sites (tertiary alicyclic amines) is 1. The van der Waals surface area contributed by atoms with Crippen molar-refractivity contribution >= 4 is 11.9 Å². The van der Waals surface area contributed by atoms with Crippen LogP contribution in [0.3, 0.4) is 0 Å². The topological polar surface area (TPSA) is 75.4 Å². The van der Waals surface area contributed by atoms with Gasteiger partial charge in [0.1, 0.15) is 0 Å². The largest absolute Gasteiger partial charge is 0.481 e. The van der Waals surface area contributed by atoms with Gasteiger partial charge in [0.25, 0.3) is 5.91 Å². The molecular formula is C17H27N3O3. The Bertz CT molecular complexity index is 580. The number of aryl methyl sites for hydroxylation is 2. The molecule has 1 saturated heterocycles. The van der Waals surface area contributed by atoms with Crippen LogP contribution in [0.4, 0.5) is 0 Å². The second-order valence-electron chi connectivity index (χ2n) is 6.46. The summed E-state index contributed by atoms with van der Waals surface area (Å²) in [6.07, 6.45) is 3.75. The van der Waals surface area contributed by atoms with Crippen molar-refractivity contribution in [3.63, 3.8) is 0 Å². The fourth-order valence-corrected chi connectivity index (χ4v) is 3.41. The summed E-state index contributed by atoms with van der Waals surface area (Å²) >= 11 is 0. The molecule has 1 aromatic rings. The summed E-state index contributed by atoms with van der Waals surface area (Å²) in [5.41, 5.74) is 2.44. The van der Waals surface area contributed by atoms with Crippen molar-refractivity contribution in [3.05, 3.63) is 17.0 Å². The molecule has 0 saturated carbocycles. The normalized spacial score (nSPS) is 18.2. The predicted octanol–water partition coefficient (Wildman–Crippen LogP) is 2.63. The third-order valence-corrected chi connectivity index (χ3v) is 4.60. The lowest BCUT2D eigenvalue weighted by Crippen LogP contribution is -2.40. The number of amides is 1. The van der Waals surface area contributed by atoms with Gasteiger partial charge >= 0.3 is 5.97 Å². The highest BCUT2D eigenvalue weighted by Crippen LogP contribution is 2.24. The van der Waals surface area contributed by atoms with E-state index in [-0.39, 0.29) is 18.2 Å². The second-order valence-corrected chi connectivity index (χ2v) is 6.46. The number of carboxylic acid groups (broad SMARTS) is 1. The van der Waals surface area contributed by atoms with Crippen LogP contribution in [0.1, 0.15) is 60.8 Å². The van der Waals surface area contributed by atoms with E-state index >= 15 is 0 Å². The van der Waals surface area contributed by atoms with Crippen molar-refractivity contribution < 1.29 is 14.7 Å². The van der Waals surface area contributed by atoms with Gasteiger partial charge in [-0.15, -0.1) is 0 Å². The maximum Gasteiger partial charge on any atom is 0.303 e. The smallest absolute Gasteiger partial charge is 0.303 e. The molecule has 0 unspecified atom stereocenters. The Morgan fingerprint density at radius 1 is 1.35 bits per heavy atom. The number of hydrogen-bond acceptors (Lipinski definition) is 3. The van der Waals surface area contributed by atoms with Gasteiger partial charge < -0.3 is 10.0 Å². The van der Waals surface area contributed by atoms with Crippen molar-refractivity contribution in [3.8, 4) is 0 Å². The monoisotopic (exact) mass is 321 g/mol. The van der Waals surface area contributed by atoms with Crippen LogP contribution in [0.15, 0.2) is 0 Å². The molecule has 1 aliphatic rings. The van der Waals surface area contributed by atoms with E-state index in [1.54, 1.807) is 0 Å². The van der Waals surface area contributed by atoms with Gasteiger partial charge in [-0.25, -0.2) is 0 Å². The Kier molecular flexibility index (Phi) is 5.80. The molecule has 0 aromatic carbocycles. The van der Waals surface area contributed by atoms with E-state index in [1.807, 2.05) is 23.4 Å². The third-order valence-electron chi connectivity index (χ3n) is 4.60. The average Bonchev–Trinajstić information content (AvgIpc) is 2.79. The number of hydrogen-bond donors (Lipinski definition) is 1. The summed E-state index contributed by atoms with van der Waals surface area (Å²) in [7, 11) is 0. The van der Waals surface area contributed by atoms with E-state index in [0.29, 0.717) is 13.0 Å². The number of aromatic nitrogens is 2. The minimum Gasteiger partial charge on any atom is -0.481 e. The van der Waals surface area contributed by atoms with Crippen molar-refractivity contribution in [1.82, 2.24) is 14.7 Å². The van der Waals surface area contributed by atoms with Crippen LogP contribution in [0, 0.1) is 19.8 Å². The molecule has 0 radical (unpaired) electrons. The molecule has 2 rings (SSSR count). The molecular weight excluding hydrogens is 294 g/mol. The number of rotatable bonds is 6. The standard InChI is InChI=1S/C17H27N3O3/c1-4-9-20-13(3)16(12(2)18-20)17(23)19-10-5-6-14(11-19)7-8-15(21)22/h14H,4-11H2,1-3H3,(H,21,22)/t14-/m0/s1. The van der Waals surface area contributed by atoms with Crippen molar-refractivity contribution in [1.29, 1.82) is 0 Å². The first kappa shape index (κ1) is 17.5. The SMILES string of the molecule is CCCn1nc(C)c(C(=O)N2CCC[C@@H](CCC(=O)O)C2)c1C. The van der Waals surface area contributed by atoms with Gasteiger partial charge in [0.15, 0.2) is 0 Å². The number of carbonyl (C=O) groups is 2. The predicted molar refractivity (Wildman–Crippen MR) is 87.5 cm³/mol. The summed E-state index contributed by atoms with van der Waals surface area (Å²) in [5.74, 6) is -0.432. The number of piperidine rings is 1. The lowest BCUT2D eigenvalue weighted by atomic mass is 9.93. The summed E-state index contributed by atoms with van der Waals surface area (Å²) in [6.45, 7) is 8.16. The fraction of sp³-hybridized carbons (Fsp3) is 0.706. The summed E-state index contributed by atoms with van der Waals surface area (Å²) in [6, 6.07) is 0. The van der Waals surface area contributed by atoms with E-state index in [0.717, 1.165) is 49.3 Å². The minimum absolute atomic E-state index is 0.0439. The Morgan fingerprint density at radius 3 is 2.74 bits per heavy atom. The van der Waals surface area contributed by atoms with Gasteiger partial charge in [0, 0.05) is 31.7 Å². The van der Waals surface area contributed by atoms with Gasteiger partial charge in [-0.1, -0.05) is 6.92 Å². The Hall–Kier alpha value is -1.85. The highest BCUT2D eigenvalue weighted by Gasteiger charge is 2.28. The lowest BCUT2D eigenvalue weighted by Gasteiger charge is -2.32. The summed E-state index contributed by atoms with van der Waals surface area (Å²) in [4.78, 5) is 25.5. The molecule has 0 bridgehead atoms. The van der Waals surface area contributed by atoms with E-state index in [4.69, 9.17) is 5.11 Å². The fourth-order valence-electron chi connectivity index (χ4n) is 3.41. The molecule has 128 valence electrons. The Labute approximate surface area is 137 Å². The first-order valence-electron chi connectivity index (χ1n) is 8.49. The van der Waals surface area contributed by atoms with Gasteiger partial charge in [0.05, 0.1) is 11.3 Å². The first-order chi connectivity index (χ1) is 10.9. The highest BCUT2D eigenvalue weighted by molar-refractivity contribution is 5.96. The molecule has 0 aliphatic carbocycles. The van der Waals surface area contributed by atoms with E-state index in [2.05, 4.69) is 12.0 Å². The number of carbonyl (C=O) groups excluding carboxylic acids is 1. The first-order valence-corrected chi connectivity index (χ1v) is 8.49. The zero-order valence-corrected chi connectivity index (χ0v) is 14.3. The molecule has 1 aliphatic heterocycles. The number of aliphatic carboxylic acids is 1.